The summed E-state index contributed by atoms with van der Waals surface area (Å²) in [6.45, 7) is 11.8. The highest BCUT2D eigenvalue weighted by atomic mass is 28.3. The molecule has 0 N–H and O–H groups in total. The molecule has 1 aromatic heterocycles. The number of hydrogen-bond donors (Lipinski definition) is 0. The molecule has 1 aromatic rings. The van der Waals surface area contributed by atoms with E-state index in [2.05, 4.69) is 24.7 Å². The number of carbonyl (C=O) groups excluding carboxylic acids is 1. The lowest BCUT2D eigenvalue weighted by Crippen LogP contribution is -2.22. The van der Waals surface area contributed by atoms with Crippen molar-refractivity contribution < 1.29 is 9.53 Å². The average molecular weight is 268 g/mol. The fourth-order valence-electron chi connectivity index (χ4n) is 1.72. The molecule has 102 valence electrons. The number of nitrogens with zero attached hydrogens (tertiary/aromatic N) is 2. The molecule has 0 saturated heterocycles. The Morgan fingerprint density at radius 2 is 2.11 bits per heavy atom. The Morgan fingerprint density at radius 3 is 2.61 bits per heavy atom. The molecule has 5 heteroatoms. The average Bonchev–Trinajstić information content (AvgIpc) is 2.66. The zero-order chi connectivity index (χ0) is 13.8. The van der Waals surface area contributed by atoms with Crippen molar-refractivity contribution in [3.8, 4) is 0 Å². The fraction of sp³-hybridized carbons (Fsp3) is 0.692. The van der Waals surface area contributed by atoms with Gasteiger partial charge < -0.3 is 4.74 Å². The van der Waals surface area contributed by atoms with E-state index in [-0.39, 0.29) is 5.78 Å². The first-order chi connectivity index (χ1) is 8.35. The zero-order valence-corrected chi connectivity index (χ0v) is 13.1. The van der Waals surface area contributed by atoms with E-state index in [4.69, 9.17) is 4.74 Å². The van der Waals surface area contributed by atoms with Gasteiger partial charge in [-0.1, -0.05) is 26.6 Å². The molecule has 0 saturated carbocycles. The first-order valence-corrected chi connectivity index (χ1v) is 10.2. The van der Waals surface area contributed by atoms with Crippen molar-refractivity contribution in [1.82, 2.24) is 9.78 Å². The van der Waals surface area contributed by atoms with Crippen molar-refractivity contribution in [2.24, 2.45) is 0 Å². The van der Waals surface area contributed by atoms with Crippen molar-refractivity contribution in [2.75, 3.05) is 6.61 Å². The van der Waals surface area contributed by atoms with Crippen LogP contribution in [0.1, 0.15) is 29.9 Å². The van der Waals surface area contributed by atoms with Crippen LogP contribution in [0, 0.1) is 0 Å². The highest BCUT2D eigenvalue weighted by Gasteiger charge is 2.14. The van der Waals surface area contributed by atoms with Crippen molar-refractivity contribution in [2.45, 2.75) is 52.7 Å². The summed E-state index contributed by atoms with van der Waals surface area (Å²) < 4.78 is 7.45. The van der Waals surface area contributed by atoms with Crippen molar-refractivity contribution >= 4 is 13.9 Å². The van der Waals surface area contributed by atoms with Crippen LogP contribution in [-0.4, -0.2) is 30.2 Å². The van der Waals surface area contributed by atoms with Gasteiger partial charge in [0, 0.05) is 14.7 Å². The zero-order valence-electron chi connectivity index (χ0n) is 12.1. The first kappa shape index (κ1) is 15.1. The van der Waals surface area contributed by atoms with Gasteiger partial charge in [0.25, 0.3) is 0 Å². The van der Waals surface area contributed by atoms with Gasteiger partial charge in [-0.2, -0.15) is 5.10 Å². The minimum absolute atomic E-state index is 0.0696. The molecule has 0 spiro atoms. The molecule has 0 aliphatic heterocycles. The van der Waals surface area contributed by atoms with E-state index in [0.717, 1.165) is 24.8 Å². The lowest BCUT2D eigenvalue weighted by atomic mass is 10.1. The third-order valence-corrected chi connectivity index (χ3v) is 4.58. The third-order valence-electron chi connectivity index (χ3n) is 2.87. The monoisotopic (exact) mass is 268 g/mol. The summed E-state index contributed by atoms with van der Waals surface area (Å²) >= 11 is 0. The minimum Gasteiger partial charge on any atom is -0.360 e. The summed E-state index contributed by atoms with van der Waals surface area (Å²) in [5.74, 6) is 0.0696. The van der Waals surface area contributed by atoms with Gasteiger partial charge in [-0.05, 0) is 19.4 Å². The predicted octanol–water partition coefficient (Wildman–Crippen LogP) is 2.96. The predicted molar refractivity (Wildman–Crippen MR) is 75.7 cm³/mol. The number of carbonyl (C=O) groups is 1. The summed E-state index contributed by atoms with van der Waals surface area (Å²) in [6.07, 6.45) is 2.44. The van der Waals surface area contributed by atoms with E-state index in [1.54, 1.807) is 17.8 Å². The maximum atomic E-state index is 11.4. The van der Waals surface area contributed by atoms with Crippen LogP contribution in [-0.2, 0) is 17.9 Å². The molecule has 18 heavy (non-hydrogen) atoms. The summed E-state index contributed by atoms with van der Waals surface area (Å²) in [7, 11) is -1.04. The molecule has 0 atom stereocenters. The molecule has 0 unspecified atom stereocenters. The molecule has 0 aliphatic carbocycles. The molecule has 4 nitrogen and oxygen atoms in total. The van der Waals surface area contributed by atoms with Crippen LogP contribution < -0.4 is 0 Å². The Morgan fingerprint density at radius 1 is 1.44 bits per heavy atom. The van der Waals surface area contributed by atoms with Gasteiger partial charge in [-0.25, -0.2) is 4.68 Å². The van der Waals surface area contributed by atoms with Crippen molar-refractivity contribution in [1.29, 1.82) is 0 Å². The van der Waals surface area contributed by atoms with E-state index in [0.29, 0.717) is 12.3 Å². The maximum absolute atomic E-state index is 11.4. The highest BCUT2D eigenvalue weighted by Crippen LogP contribution is 2.12. The molecule has 1 heterocycles. The molecule has 1 rings (SSSR count). The molecular formula is C13H24N2O2Si. The Labute approximate surface area is 110 Å². The van der Waals surface area contributed by atoms with Gasteiger partial charge >= 0.3 is 0 Å². The number of rotatable bonds is 7. The molecule has 0 aromatic carbocycles. The van der Waals surface area contributed by atoms with Crippen molar-refractivity contribution in [3.05, 3.63) is 17.5 Å². The topological polar surface area (TPSA) is 44.1 Å². The van der Waals surface area contributed by atoms with E-state index in [1.165, 1.54) is 0 Å². The van der Waals surface area contributed by atoms with E-state index in [1.807, 2.05) is 6.92 Å². The van der Waals surface area contributed by atoms with E-state index in [9.17, 15) is 4.79 Å². The van der Waals surface area contributed by atoms with Crippen LogP contribution in [0.4, 0.5) is 0 Å². The lowest BCUT2D eigenvalue weighted by molar-refractivity contribution is 0.0764. The number of hydrogen-bond acceptors (Lipinski definition) is 3. The second-order valence-corrected chi connectivity index (χ2v) is 11.4. The molecule has 0 aliphatic rings. The third kappa shape index (κ3) is 4.38. The Bertz CT molecular complexity index is 408. The quantitative estimate of drug-likeness (QED) is 0.434. The summed E-state index contributed by atoms with van der Waals surface area (Å²) in [6, 6.07) is 1.15. The number of ketones is 1. The standard InChI is InChI=1S/C13H24N2O2Si/c1-6-13-12(11(2)16)9-14-15(13)10-17-7-8-18(3,4)5/h9H,6-8,10H2,1-5H3. The van der Waals surface area contributed by atoms with Gasteiger partial charge in [0.05, 0.1) is 17.5 Å². The Hall–Kier alpha value is -0.943. The van der Waals surface area contributed by atoms with Crippen LogP contribution in [0.15, 0.2) is 6.20 Å². The number of ether oxygens (including phenoxy) is 1. The van der Waals surface area contributed by atoms with Gasteiger partial charge in [-0.3, -0.25) is 4.79 Å². The normalized spacial score (nSPS) is 11.8. The molecule has 0 amide bonds. The summed E-state index contributed by atoms with van der Waals surface area (Å²) in [5.41, 5.74) is 1.68. The first-order valence-electron chi connectivity index (χ1n) is 6.48. The Kier molecular flexibility index (Phi) is 5.28. The second kappa shape index (κ2) is 6.29. The summed E-state index contributed by atoms with van der Waals surface area (Å²) in [5, 5.41) is 4.22. The second-order valence-electron chi connectivity index (χ2n) is 5.76. The van der Waals surface area contributed by atoms with Crippen LogP contribution in [0.5, 0.6) is 0 Å². The fourth-order valence-corrected chi connectivity index (χ4v) is 2.48. The van der Waals surface area contributed by atoms with Crippen LogP contribution in [0.2, 0.25) is 25.7 Å². The van der Waals surface area contributed by atoms with E-state index >= 15 is 0 Å². The number of Topliss-reactive ketones (excluding diaryl/α,β-unsaturated/α-hetero) is 1. The van der Waals surface area contributed by atoms with Crippen molar-refractivity contribution in [3.63, 3.8) is 0 Å². The molecule has 0 bridgehead atoms. The van der Waals surface area contributed by atoms with E-state index < -0.39 is 8.07 Å². The number of aromatic nitrogens is 2. The van der Waals surface area contributed by atoms with Gasteiger partial charge in [-0.15, -0.1) is 0 Å². The van der Waals surface area contributed by atoms with Gasteiger partial charge in [0.15, 0.2) is 5.78 Å². The Balaban J connectivity index is 2.55. The molecule has 0 fully saturated rings. The lowest BCUT2D eigenvalue weighted by Gasteiger charge is -2.15. The SMILES string of the molecule is CCc1c(C(C)=O)cnn1COCC[Si](C)(C)C. The largest absolute Gasteiger partial charge is 0.360 e. The van der Waals surface area contributed by atoms with Crippen LogP contribution in [0.3, 0.4) is 0 Å². The van der Waals surface area contributed by atoms with Crippen LogP contribution >= 0.6 is 0 Å². The smallest absolute Gasteiger partial charge is 0.163 e. The van der Waals surface area contributed by atoms with Crippen LogP contribution in [0.25, 0.3) is 0 Å². The molecule has 0 radical (unpaired) electrons. The summed E-state index contributed by atoms with van der Waals surface area (Å²) in [4.78, 5) is 11.4. The minimum atomic E-state index is -1.04. The maximum Gasteiger partial charge on any atom is 0.163 e. The highest BCUT2D eigenvalue weighted by molar-refractivity contribution is 6.76. The molecular weight excluding hydrogens is 244 g/mol. The van der Waals surface area contributed by atoms with Gasteiger partial charge in [0.2, 0.25) is 0 Å². The van der Waals surface area contributed by atoms with Gasteiger partial charge in [0.1, 0.15) is 6.73 Å².